The number of benzene rings is 2. The molecule has 0 atom stereocenters. The number of nitrogens with zero attached hydrogens (tertiary/aromatic N) is 1. The number of hydrogen-bond acceptors (Lipinski definition) is 5. The van der Waals surface area contributed by atoms with Gasteiger partial charge in [-0.05, 0) is 23.8 Å². The molecule has 126 valence electrons. The quantitative estimate of drug-likeness (QED) is 0.310. The van der Waals surface area contributed by atoms with Gasteiger partial charge in [0.2, 0.25) is 0 Å². The van der Waals surface area contributed by atoms with Gasteiger partial charge in [-0.25, -0.2) is 4.79 Å². The van der Waals surface area contributed by atoms with Crippen LogP contribution in [0.5, 0.6) is 5.75 Å². The standard InChI is InChI=1S/C15H10Cl3NO5/c16-11-5-13(18)14(6-12(11)17)23-8-15(20)24-7-9-1-3-10(4-2-9)19(21)22/h1-6H,7-8H2. The van der Waals surface area contributed by atoms with Gasteiger partial charge in [0, 0.05) is 18.2 Å². The van der Waals surface area contributed by atoms with Crippen LogP contribution in [0.2, 0.25) is 15.1 Å². The maximum Gasteiger partial charge on any atom is 0.344 e. The van der Waals surface area contributed by atoms with Crippen LogP contribution in [0.4, 0.5) is 5.69 Å². The van der Waals surface area contributed by atoms with E-state index in [1.165, 1.54) is 36.4 Å². The number of carbonyl (C=O) groups excluding carboxylic acids is 1. The van der Waals surface area contributed by atoms with Gasteiger partial charge in [-0.15, -0.1) is 0 Å². The summed E-state index contributed by atoms with van der Waals surface area (Å²) in [5.41, 5.74) is 0.573. The van der Waals surface area contributed by atoms with E-state index in [2.05, 4.69) is 0 Å². The molecule has 0 aliphatic rings. The Hall–Kier alpha value is -2.02. The Bertz CT molecular complexity index is 764. The number of carbonyl (C=O) groups is 1. The second kappa shape index (κ2) is 8.19. The summed E-state index contributed by atoms with van der Waals surface area (Å²) in [4.78, 5) is 21.7. The lowest BCUT2D eigenvalue weighted by Gasteiger charge is -2.09. The number of esters is 1. The molecule has 9 heteroatoms. The molecule has 0 aromatic heterocycles. The fourth-order valence-corrected chi connectivity index (χ4v) is 2.26. The third-order valence-electron chi connectivity index (χ3n) is 2.87. The number of non-ortho nitro benzene ring substituents is 1. The monoisotopic (exact) mass is 389 g/mol. The van der Waals surface area contributed by atoms with E-state index in [1.807, 2.05) is 0 Å². The van der Waals surface area contributed by atoms with Crippen molar-refractivity contribution in [2.45, 2.75) is 6.61 Å². The van der Waals surface area contributed by atoms with Crippen LogP contribution < -0.4 is 4.74 Å². The average molecular weight is 391 g/mol. The molecule has 2 rings (SSSR count). The number of nitro groups is 1. The minimum absolute atomic E-state index is 0.0324. The summed E-state index contributed by atoms with van der Waals surface area (Å²) in [6.45, 7) is -0.403. The average Bonchev–Trinajstić information content (AvgIpc) is 2.55. The fraction of sp³-hybridized carbons (Fsp3) is 0.133. The zero-order chi connectivity index (χ0) is 17.7. The molecule has 0 spiro atoms. The summed E-state index contributed by atoms with van der Waals surface area (Å²) in [6.07, 6.45) is 0. The first-order valence-electron chi connectivity index (χ1n) is 6.53. The SMILES string of the molecule is O=C(COc1cc(Cl)c(Cl)cc1Cl)OCc1ccc([N+](=O)[O-])cc1. The lowest BCUT2D eigenvalue weighted by molar-refractivity contribution is -0.384. The first-order chi connectivity index (χ1) is 11.4. The highest BCUT2D eigenvalue weighted by Gasteiger charge is 2.11. The summed E-state index contributed by atoms with van der Waals surface area (Å²) < 4.78 is 10.2. The van der Waals surface area contributed by atoms with Crippen molar-refractivity contribution >= 4 is 46.5 Å². The maximum atomic E-state index is 11.7. The second-order valence-corrected chi connectivity index (χ2v) is 5.79. The van der Waals surface area contributed by atoms with E-state index in [9.17, 15) is 14.9 Å². The van der Waals surface area contributed by atoms with E-state index < -0.39 is 10.9 Å². The fourth-order valence-electron chi connectivity index (χ4n) is 1.67. The minimum atomic E-state index is -0.629. The molecule has 0 saturated carbocycles. The van der Waals surface area contributed by atoms with Crippen molar-refractivity contribution in [1.82, 2.24) is 0 Å². The molecular weight excluding hydrogens is 381 g/mol. The highest BCUT2D eigenvalue weighted by molar-refractivity contribution is 6.43. The Balaban J connectivity index is 1.85. The summed E-state index contributed by atoms with van der Waals surface area (Å²) >= 11 is 17.6. The third kappa shape index (κ3) is 4.99. The molecule has 0 bridgehead atoms. The smallest absolute Gasteiger partial charge is 0.344 e. The Morgan fingerprint density at radius 1 is 1.04 bits per heavy atom. The minimum Gasteiger partial charge on any atom is -0.480 e. The van der Waals surface area contributed by atoms with E-state index in [0.29, 0.717) is 5.56 Å². The van der Waals surface area contributed by atoms with Gasteiger partial charge in [0.05, 0.1) is 20.0 Å². The highest BCUT2D eigenvalue weighted by Crippen LogP contribution is 2.33. The summed E-state index contributed by atoms with van der Waals surface area (Å²) in [5.74, 6) is -0.422. The van der Waals surface area contributed by atoms with Gasteiger partial charge in [0.15, 0.2) is 6.61 Å². The third-order valence-corrected chi connectivity index (χ3v) is 3.88. The Morgan fingerprint density at radius 3 is 2.29 bits per heavy atom. The van der Waals surface area contributed by atoms with Gasteiger partial charge < -0.3 is 9.47 Å². The van der Waals surface area contributed by atoms with Gasteiger partial charge in [-0.1, -0.05) is 34.8 Å². The number of nitro benzene ring substituents is 1. The van der Waals surface area contributed by atoms with E-state index in [0.717, 1.165) is 0 Å². The lowest BCUT2D eigenvalue weighted by atomic mass is 10.2. The van der Waals surface area contributed by atoms with Crippen molar-refractivity contribution in [3.8, 4) is 5.75 Å². The normalized spacial score (nSPS) is 10.3. The molecule has 24 heavy (non-hydrogen) atoms. The highest BCUT2D eigenvalue weighted by atomic mass is 35.5. The molecule has 0 aliphatic heterocycles. The van der Waals surface area contributed by atoms with Crippen LogP contribution in [0.3, 0.4) is 0 Å². The molecule has 0 radical (unpaired) electrons. The topological polar surface area (TPSA) is 78.7 Å². The molecule has 0 heterocycles. The van der Waals surface area contributed by atoms with Crippen molar-refractivity contribution in [2.24, 2.45) is 0 Å². The summed E-state index contributed by atoms with van der Waals surface area (Å²) in [6, 6.07) is 8.47. The van der Waals surface area contributed by atoms with Crippen LogP contribution >= 0.6 is 34.8 Å². The zero-order valence-electron chi connectivity index (χ0n) is 12.0. The van der Waals surface area contributed by atoms with Gasteiger partial charge in [-0.3, -0.25) is 10.1 Å². The molecule has 0 saturated heterocycles. The van der Waals surface area contributed by atoms with Gasteiger partial charge in [0.25, 0.3) is 5.69 Å². The first-order valence-corrected chi connectivity index (χ1v) is 7.66. The van der Waals surface area contributed by atoms with Crippen molar-refractivity contribution in [2.75, 3.05) is 6.61 Å². The first kappa shape index (κ1) is 18.3. The van der Waals surface area contributed by atoms with Crippen molar-refractivity contribution < 1.29 is 19.2 Å². The number of halogens is 3. The molecule has 2 aromatic carbocycles. The molecular formula is C15H10Cl3NO5. The van der Waals surface area contributed by atoms with Crippen LogP contribution in [0.1, 0.15) is 5.56 Å². The number of ether oxygens (including phenoxy) is 2. The number of hydrogen-bond donors (Lipinski definition) is 0. The van der Waals surface area contributed by atoms with Crippen LogP contribution in [0.25, 0.3) is 0 Å². The molecule has 0 amide bonds. The zero-order valence-corrected chi connectivity index (χ0v) is 14.3. The Labute approximate surface area is 152 Å². The van der Waals surface area contributed by atoms with Crippen molar-refractivity contribution in [3.63, 3.8) is 0 Å². The second-order valence-electron chi connectivity index (χ2n) is 4.57. The molecule has 0 N–H and O–H groups in total. The maximum absolute atomic E-state index is 11.7. The molecule has 0 aliphatic carbocycles. The molecule has 0 fully saturated rings. The van der Waals surface area contributed by atoms with Gasteiger partial charge in [0.1, 0.15) is 12.4 Å². The molecule has 6 nitrogen and oxygen atoms in total. The van der Waals surface area contributed by atoms with Crippen LogP contribution in [0, 0.1) is 10.1 Å². The summed E-state index contributed by atoms with van der Waals surface area (Å²) in [7, 11) is 0. The summed E-state index contributed by atoms with van der Waals surface area (Å²) in [5, 5.41) is 11.3. The van der Waals surface area contributed by atoms with Crippen LogP contribution in [-0.2, 0) is 16.1 Å². The van der Waals surface area contributed by atoms with Gasteiger partial charge in [-0.2, -0.15) is 0 Å². The van der Waals surface area contributed by atoms with Crippen LogP contribution in [-0.4, -0.2) is 17.5 Å². The predicted octanol–water partition coefficient (Wildman–Crippen LogP) is 4.68. The van der Waals surface area contributed by atoms with E-state index >= 15 is 0 Å². The van der Waals surface area contributed by atoms with E-state index in [-0.39, 0.29) is 39.7 Å². The van der Waals surface area contributed by atoms with E-state index in [4.69, 9.17) is 44.3 Å². The molecule has 0 unspecified atom stereocenters. The van der Waals surface area contributed by atoms with Gasteiger partial charge >= 0.3 is 5.97 Å². The predicted molar refractivity (Wildman–Crippen MR) is 89.9 cm³/mol. The van der Waals surface area contributed by atoms with E-state index in [1.54, 1.807) is 0 Å². The largest absolute Gasteiger partial charge is 0.480 e. The van der Waals surface area contributed by atoms with Crippen LogP contribution in [0.15, 0.2) is 36.4 Å². The number of rotatable bonds is 6. The Kier molecular flexibility index (Phi) is 6.25. The van der Waals surface area contributed by atoms with Crippen molar-refractivity contribution in [1.29, 1.82) is 0 Å². The Morgan fingerprint density at radius 2 is 1.67 bits per heavy atom. The molecule has 2 aromatic rings. The van der Waals surface area contributed by atoms with Crippen molar-refractivity contribution in [3.05, 3.63) is 67.1 Å². The lowest BCUT2D eigenvalue weighted by Crippen LogP contribution is -2.15.